The van der Waals surface area contributed by atoms with Gasteiger partial charge in [-0.2, -0.15) is 0 Å². The highest BCUT2D eigenvalue weighted by Gasteiger charge is 2.49. The number of aryl methyl sites for hydroxylation is 1. The summed E-state index contributed by atoms with van der Waals surface area (Å²) in [6.45, 7) is 27.0. The van der Waals surface area contributed by atoms with Gasteiger partial charge < -0.3 is 13.3 Å². The SMILES string of the molecule is CC(C)[Si](OC(=O)CCc1cc(Cc2ccccc2Br)c(O[Si](C(C)C)(C(C)C)C(C)C)o1)(C(C)C)C(C)C. The number of carbonyl (C=O) groups excluding carboxylic acids is 1. The number of carbonyl (C=O) groups is 1. The van der Waals surface area contributed by atoms with Gasteiger partial charge in [0.2, 0.25) is 0 Å². The fraction of sp³-hybridized carbons (Fsp3) is 0.656. The lowest BCUT2D eigenvalue weighted by molar-refractivity contribution is -0.135. The highest BCUT2D eigenvalue weighted by Crippen LogP contribution is 2.45. The summed E-state index contributed by atoms with van der Waals surface area (Å²) in [4.78, 5) is 13.2. The fourth-order valence-corrected chi connectivity index (χ4v) is 17.8. The zero-order valence-corrected chi connectivity index (χ0v) is 30.1. The van der Waals surface area contributed by atoms with Crippen LogP contribution in [0.25, 0.3) is 0 Å². The van der Waals surface area contributed by atoms with Crippen LogP contribution in [-0.2, 0) is 22.1 Å². The van der Waals surface area contributed by atoms with Gasteiger partial charge in [-0.05, 0) is 50.9 Å². The molecule has 7 heteroatoms. The summed E-state index contributed by atoms with van der Waals surface area (Å²) in [5.74, 6) is 1.31. The van der Waals surface area contributed by atoms with Crippen molar-refractivity contribution in [3.8, 4) is 5.95 Å². The van der Waals surface area contributed by atoms with Gasteiger partial charge in [0.25, 0.3) is 28.6 Å². The third-order valence-corrected chi connectivity index (χ3v) is 21.4. The molecule has 0 fully saturated rings. The van der Waals surface area contributed by atoms with Crippen molar-refractivity contribution in [2.45, 2.75) is 136 Å². The maximum atomic E-state index is 13.2. The standard InChI is InChI=1S/C32H53BrO4Si2/c1-21(2)38(22(3)4,23(5)6)36-31(34)18-17-29-20-28(19-27-15-13-14-16-30(27)33)32(35-29)37-39(24(7)8,25(9)10)26(11)12/h13-16,20-26H,17-19H2,1-12H3. The van der Waals surface area contributed by atoms with Gasteiger partial charge >= 0.3 is 0 Å². The number of hydrogen-bond donors (Lipinski definition) is 0. The summed E-state index contributed by atoms with van der Waals surface area (Å²) in [6, 6.07) is 10.4. The molecular weight excluding hydrogens is 584 g/mol. The van der Waals surface area contributed by atoms with Gasteiger partial charge in [0.05, 0.1) is 6.42 Å². The van der Waals surface area contributed by atoms with Crippen LogP contribution in [0.3, 0.4) is 0 Å². The molecule has 0 bridgehead atoms. The van der Waals surface area contributed by atoms with Crippen LogP contribution in [0.5, 0.6) is 5.95 Å². The molecule has 0 amide bonds. The van der Waals surface area contributed by atoms with Gasteiger partial charge in [0.15, 0.2) is 0 Å². The van der Waals surface area contributed by atoms with Gasteiger partial charge in [-0.15, -0.1) is 0 Å². The van der Waals surface area contributed by atoms with E-state index in [0.717, 1.165) is 15.8 Å². The van der Waals surface area contributed by atoms with E-state index in [0.29, 0.717) is 58.5 Å². The Morgan fingerprint density at radius 2 is 1.26 bits per heavy atom. The number of halogens is 1. The molecule has 0 aliphatic rings. The molecule has 1 aromatic heterocycles. The Morgan fingerprint density at radius 3 is 1.72 bits per heavy atom. The summed E-state index contributed by atoms with van der Waals surface area (Å²) in [5.41, 5.74) is 4.60. The highest BCUT2D eigenvalue weighted by molar-refractivity contribution is 9.10. The zero-order valence-electron chi connectivity index (χ0n) is 26.5. The number of hydrogen-bond acceptors (Lipinski definition) is 4. The van der Waals surface area contributed by atoms with E-state index in [2.05, 4.69) is 123 Å². The van der Waals surface area contributed by atoms with Crippen LogP contribution in [0.2, 0.25) is 33.2 Å². The Labute approximate surface area is 249 Å². The average molecular weight is 638 g/mol. The molecule has 0 atom stereocenters. The van der Waals surface area contributed by atoms with Crippen molar-refractivity contribution in [2.24, 2.45) is 0 Å². The molecule has 0 aliphatic carbocycles. The maximum Gasteiger partial charge on any atom is 0.292 e. The van der Waals surface area contributed by atoms with Crippen molar-refractivity contribution in [1.82, 2.24) is 0 Å². The number of furan rings is 1. The second-order valence-electron chi connectivity index (χ2n) is 13.0. The lowest BCUT2D eigenvalue weighted by atomic mass is 10.1. The Balaban J connectivity index is 2.40. The smallest absolute Gasteiger partial charge is 0.292 e. The molecule has 2 rings (SSSR count). The van der Waals surface area contributed by atoms with Crippen LogP contribution in [-0.4, -0.2) is 22.6 Å². The largest absolute Gasteiger partial charge is 0.518 e. The number of benzene rings is 1. The van der Waals surface area contributed by atoms with E-state index in [9.17, 15) is 4.79 Å². The van der Waals surface area contributed by atoms with E-state index in [4.69, 9.17) is 13.3 Å². The van der Waals surface area contributed by atoms with Crippen LogP contribution in [0.1, 0.15) is 106 Å². The Kier molecular flexibility index (Phi) is 12.2. The summed E-state index contributed by atoms with van der Waals surface area (Å²) >= 11 is 3.71. The van der Waals surface area contributed by atoms with E-state index in [1.165, 1.54) is 5.56 Å². The predicted octanol–water partition coefficient (Wildman–Crippen LogP) is 10.8. The van der Waals surface area contributed by atoms with Crippen molar-refractivity contribution >= 4 is 38.5 Å². The molecule has 0 saturated carbocycles. The van der Waals surface area contributed by atoms with Crippen LogP contribution in [0, 0.1) is 0 Å². The average Bonchev–Trinajstić information content (AvgIpc) is 3.20. The quantitative estimate of drug-likeness (QED) is 0.193. The first kappa shape index (κ1) is 33.9. The van der Waals surface area contributed by atoms with Crippen molar-refractivity contribution in [3.63, 3.8) is 0 Å². The molecule has 0 unspecified atom stereocenters. The summed E-state index contributed by atoms with van der Waals surface area (Å²) in [5, 5.41) is 0. The van der Waals surface area contributed by atoms with E-state index in [1.54, 1.807) is 0 Å². The van der Waals surface area contributed by atoms with Crippen LogP contribution in [0.15, 0.2) is 39.2 Å². The summed E-state index contributed by atoms with van der Waals surface area (Å²) in [6.07, 6.45) is 1.51. The first-order valence-electron chi connectivity index (χ1n) is 14.8. The minimum Gasteiger partial charge on any atom is -0.518 e. The van der Waals surface area contributed by atoms with Crippen molar-refractivity contribution in [3.05, 3.63) is 51.7 Å². The van der Waals surface area contributed by atoms with Gasteiger partial charge in [-0.25, -0.2) is 0 Å². The van der Waals surface area contributed by atoms with Crippen molar-refractivity contribution in [1.29, 1.82) is 0 Å². The molecule has 1 heterocycles. The van der Waals surface area contributed by atoms with Gasteiger partial charge in [-0.1, -0.05) is 117 Å². The molecule has 39 heavy (non-hydrogen) atoms. The molecule has 0 aliphatic heterocycles. The topological polar surface area (TPSA) is 48.7 Å². The first-order valence-corrected chi connectivity index (χ1v) is 19.9. The van der Waals surface area contributed by atoms with E-state index in [1.807, 2.05) is 6.07 Å². The first-order chi connectivity index (χ1) is 18.1. The van der Waals surface area contributed by atoms with Crippen molar-refractivity contribution in [2.75, 3.05) is 0 Å². The second-order valence-corrected chi connectivity index (χ2v) is 24.6. The maximum absolute atomic E-state index is 13.2. The van der Waals surface area contributed by atoms with Crippen LogP contribution < -0.4 is 4.43 Å². The molecule has 220 valence electrons. The predicted molar refractivity (Wildman–Crippen MR) is 173 cm³/mol. The fourth-order valence-electron chi connectivity index (χ4n) is 6.99. The Morgan fingerprint density at radius 1 is 0.769 bits per heavy atom. The normalized spacial score (nSPS) is 13.0. The summed E-state index contributed by atoms with van der Waals surface area (Å²) in [7, 11) is -4.49. The van der Waals surface area contributed by atoms with Gasteiger partial charge in [0.1, 0.15) is 5.76 Å². The molecule has 0 N–H and O–H groups in total. The minimum atomic E-state index is -2.27. The Bertz CT molecular complexity index is 1030. The van der Waals surface area contributed by atoms with Crippen LogP contribution >= 0.6 is 15.9 Å². The third kappa shape index (κ3) is 7.50. The monoisotopic (exact) mass is 636 g/mol. The van der Waals surface area contributed by atoms with E-state index in [-0.39, 0.29) is 5.97 Å². The molecule has 2 aromatic rings. The molecule has 4 nitrogen and oxygen atoms in total. The second kappa shape index (κ2) is 14.0. The van der Waals surface area contributed by atoms with Gasteiger partial charge in [0, 0.05) is 22.9 Å². The molecule has 0 saturated heterocycles. The lowest BCUT2D eigenvalue weighted by Crippen LogP contribution is -2.50. The molecule has 0 spiro atoms. The van der Waals surface area contributed by atoms with Crippen molar-refractivity contribution < 1.29 is 18.1 Å². The summed E-state index contributed by atoms with van der Waals surface area (Å²) < 4.78 is 21.0. The van der Waals surface area contributed by atoms with Crippen LogP contribution in [0.4, 0.5) is 0 Å². The highest BCUT2D eigenvalue weighted by atomic mass is 79.9. The van der Waals surface area contributed by atoms with E-state index >= 15 is 0 Å². The zero-order chi connectivity index (χ0) is 29.7. The number of rotatable bonds is 14. The third-order valence-electron chi connectivity index (χ3n) is 8.71. The lowest BCUT2D eigenvalue weighted by Gasteiger charge is -2.41. The molecular formula is C32H53BrO4Si2. The molecule has 0 radical (unpaired) electrons. The Hall–Kier alpha value is -1.32. The van der Waals surface area contributed by atoms with E-state index < -0.39 is 16.6 Å². The van der Waals surface area contributed by atoms with Gasteiger partial charge in [-0.3, -0.25) is 4.79 Å². The minimum absolute atomic E-state index is 0.112. The molecule has 1 aromatic carbocycles.